The number of nitrogens with zero attached hydrogens (tertiary/aromatic N) is 4. The summed E-state index contributed by atoms with van der Waals surface area (Å²) in [6.07, 6.45) is -0.325. The van der Waals surface area contributed by atoms with E-state index in [1.54, 1.807) is 5.53 Å². The van der Waals surface area contributed by atoms with E-state index < -0.39 is 17.1 Å². The zero-order valence-electron chi connectivity index (χ0n) is 6.54. The Morgan fingerprint density at radius 2 is 2.36 bits per heavy atom. The monoisotopic (exact) mass is 203 g/mol. The zero-order valence-corrected chi connectivity index (χ0v) is 6.54. The predicted molar refractivity (Wildman–Crippen MR) is 40.4 cm³/mol. The second-order valence-electron chi connectivity index (χ2n) is 1.66. The van der Waals surface area contributed by atoms with Crippen LogP contribution in [0.25, 0.3) is 0 Å². The zero-order chi connectivity index (χ0) is 11.1. The Hall–Kier alpha value is -2.45. The first kappa shape index (κ1) is 11.6. The molecule has 0 saturated carbocycles. The SMILES string of the molecule is N#CN(NN)C(=N[N+](=O)[O-])NC(=O)O. The standard InChI is InChI=1S/C3H5N7O4/c4-1-9(8-5)2(6-3(11)12)7-10(13)14/h8H,5H2,(H,6,7)(H,11,12). The Bertz CT molecular complexity index is 305. The van der Waals surface area contributed by atoms with E-state index in [0.29, 0.717) is 0 Å². The van der Waals surface area contributed by atoms with Gasteiger partial charge in [0, 0.05) is 0 Å². The minimum absolute atomic E-state index is 0.261. The van der Waals surface area contributed by atoms with Gasteiger partial charge in [-0.05, 0) is 0 Å². The highest BCUT2D eigenvalue weighted by Crippen LogP contribution is 1.82. The first-order valence-electron chi connectivity index (χ1n) is 2.90. The Balaban J connectivity index is 4.81. The van der Waals surface area contributed by atoms with Crippen LogP contribution < -0.4 is 16.7 Å². The van der Waals surface area contributed by atoms with Gasteiger partial charge in [0.15, 0.2) is 5.03 Å². The number of nitrogens with two attached hydrogens (primary N) is 1. The summed E-state index contributed by atoms with van der Waals surface area (Å²) in [5.74, 6) is 3.88. The summed E-state index contributed by atoms with van der Waals surface area (Å²) in [7, 11) is 0. The molecule has 5 N–H and O–H groups in total. The van der Waals surface area contributed by atoms with Crippen molar-refractivity contribution in [2.75, 3.05) is 0 Å². The van der Waals surface area contributed by atoms with E-state index in [4.69, 9.17) is 16.2 Å². The molecule has 0 heterocycles. The van der Waals surface area contributed by atoms with Crippen LogP contribution in [0.4, 0.5) is 4.79 Å². The second-order valence-corrected chi connectivity index (χ2v) is 1.66. The lowest BCUT2D eigenvalue weighted by Crippen LogP contribution is -2.51. The molecule has 0 aliphatic carbocycles. The van der Waals surface area contributed by atoms with E-state index >= 15 is 0 Å². The minimum atomic E-state index is -1.62. The van der Waals surface area contributed by atoms with Crippen LogP contribution >= 0.6 is 0 Å². The number of hydrogen-bond acceptors (Lipinski definition) is 6. The van der Waals surface area contributed by atoms with Gasteiger partial charge < -0.3 is 5.11 Å². The Kier molecular flexibility index (Phi) is 4.32. The number of hydrazone groups is 1. The molecule has 0 fully saturated rings. The molecule has 0 aromatic heterocycles. The van der Waals surface area contributed by atoms with Crippen molar-refractivity contribution >= 4 is 12.1 Å². The molecule has 0 saturated heterocycles. The Morgan fingerprint density at radius 3 is 2.64 bits per heavy atom. The van der Waals surface area contributed by atoms with Gasteiger partial charge in [0.25, 0.3) is 0 Å². The van der Waals surface area contributed by atoms with Crippen LogP contribution in [0.2, 0.25) is 0 Å². The average molecular weight is 203 g/mol. The van der Waals surface area contributed by atoms with E-state index in [1.807, 2.05) is 0 Å². The van der Waals surface area contributed by atoms with Gasteiger partial charge in [0.1, 0.15) is 5.10 Å². The number of guanidine groups is 1. The molecule has 0 spiro atoms. The van der Waals surface area contributed by atoms with Crippen LogP contribution in [0.3, 0.4) is 0 Å². The first-order valence-corrected chi connectivity index (χ1v) is 2.90. The largest absolute Gasteiger partial charge is 0.465 e. The minimum Gasteiger partial charge on any atom is -0.465 e. The third-order valence-electron chi connectivity index (χ3n) is 0.836. The molecule has 0 bridgehead atoms. The fourth-order valence-electron chi connectivity index (χ4n) is 0.436. The maximum atomic E-state index is 10.1. The van der Waals surface area contributed by atoms with Gasteiger partial charge in [0.2, 0.25) is 6.19 Å². The van der Waals surface area contributed by atoms with Crippen LogP contribution in [-0.4, -0.2) is 27.2 Å². The van der Waals surface area contributed by atoms with Crippen LogP contribution in [0.15, 0.2) is 5.10 Å². The van der Waals surface area contributed by atoms with Crippen molar-refractivity contribution in [2.24, 2.45) is 10.9 Å². The van der Waals surface area contributed by atoms with Crippen molar-refractivity contribution in [3.05, 3.63) is 10.1 Å². The highest BCUT2D eigenvalue weighted by atomic mass is 16.7. The molecular weight excluding hydrogens is 198 g/mol. The Morgan fingerprint density at radius 1 is 1.79 bits per heavy atom. The molecule has 0 rings (SSSR count). The smallest absolute Gasteiger partial charge is 0.411 e. The highest BCUT2D eigenvalue weighted by molar-refractivity contribution is 5.93. The van der Waals surface area contributed by atoms with Gasteiger partial charge in [-0.15, -0.1) is 0 Å². The fourth-order valence-corrected chi connectivity index (χ4v) is 0.436. The number of amides is 1. The first-order chi connectivity index (χ1) is 6.51. The summed E-state index contributed by atoms with van der Waals surface area (Å²) >= 11 is 0. The lowest BCUT2D eigenvalue weighted by atomic mass is 10.8. The van der Waals surface area contributed by atoms with E-state index in [1.165, 1.54) is 11.5 Å². The number of nitrogens with one attached hydrogen (secondary N) is 2. The topological polar surface area (TPSA) is 170 Å². The number of hydrogen-bond donors (Lipinski definition) is 4. The molecule has 11 nitrogen and oxygen atoms in total. The van der Waals surface area contributed by atoms with Crippen LogP contribution in [-0.2, 0) is 0 Å². The van der Waals surface area contributed by atoms with Gasteiger partial charge in [-0.3, -0.25) is 11.2 Å². The summed E-state index contributed by atoms with van der Waals surface area (Å²) in [6.45, 7) is 0. The molecule has 11 heteroatoms. The number of nitriles is 1. The Labute approximate surface area is 76.5 Å². The van der Waals surface area contributed by atoms with Crippen molar-refractivity contribution in [3.63, 3.8) is 0 Å². The molecule has 0 radical (unpaired) electrons. The van der Waals surface area contributed by atoms with Crippen molar-refractivity contribution < 1.29 is 14.9 Å². The number of nitro groups is 1. The average Bonchev–Trinajstić information content (AvgIpc) is 2.03. The molecule has 0 aromatic rings. The molecule has 76 valence electrons. The lowest BCUT2D eigenvalue weighted by Gasteiger charge is -2.11. The summed E-state index contributed by atoms with van der Waals surface area (Å²) in [5, 5.41) is 29.6. The maximum Gasteiger partial charge on any atom is 0.411 e. The van der Waals surface area contributed by atoms with E-state index in [2.05, 4.69) is 5.10 Å². The van der Waals surface area contributed by atoms with Crippen molar-refractivity contribution in [1.29, 1.82) is 5.26 Å². The van der Waals surface area contributed by atoms with Gasteiger partial charge in [-0.25, -0.2) is 14.9 Å². The van der Waals surface area contributed by atoms with Crippen LogP contribution in [0.1, 0.15) is 0 Å². The molecule has 0 aliphatic rings. The molecule has 0 unspecified atom stereocenters. The summed E-state index contributed by atoms with van der Waals surface area (Å²) in [4.78, 5) is 20.0. The third kappa shape index (κ3) is 3.80. The molecular formula is C3H5N7O4. The van der Waals surface area contributed by atoms with Crippen molar-refractivity contribution in [2.45, 2.75) is 0 Å². The summed E-state index contributed by atoms with van der Waals surface area (Å²) < 4.78 is 0. The summed E-state index contributed by atoms with van der Waals surface area (Å²) in [6, 6.07) is 0. The van der Waals surface area contributed by atoms with Gasteiger partial charge in [-0.2, -0.15) is 15.8 Å². The third-order valence-corrected chi connectivity index (χ3v) is 0.836. The number of carbonyl (C=O) groups is 1. The van der Waals surface area contributed by atoms with Crippen molar-refractivity contribution in [3.8, 4) is 6.19 Å². The van der Waals surface area contributed by atoms with Gasteiger partial charge in [-0.1, -0.05) is 0 Å². The van der Waals surface area contributed by atoms with Crippen molar-refractivity contribution in [1.82, 2.24) is 15.9 Å². The van der Waals surface area contributed by atoms with E-state index in [9.17, 15) is 14.9 Å². The number of carboxylic acid groups (broad SMARTS) is 1. The normalized spacial score (nSPS) is 10.1. The number of hydrazine groups is 2. The van der Waals surface area contributed by atoms with Crippen LogP contribution in [0.5, 0.6) is 0 Å². The fraction of sp³-hybridized carbons (Fsp3) is 0. The summed E-state index contributed by atoms with van der Waals surface area (Å²) in [5.41, 5.74) is 1.67. The molecule has 0 atom stereocenters. The predicted octanol–water partition coefficient (Wildman–Crippen LogP) is -2.04. The molecule has 0 aliphatic heterocycles. The quantitative estimate of drug-likeness (QED) is 0.0755. The lowest BCUT2D eigenvalue weighted by molar-refractivity contribution is -0.485. The second kappa shape index (κ2) is 5.24. The van der Waals surface area contributed by atoms with Gasteiger partial charge >= 0.3 is 12.1 Å². The number of rotatable bonds is 2. The molecule has 0 aromatic carbocycles. The van der Waals surface area contributed by atoms with Gasteiger partial charge in [0.05, 0.1) is 0 Å². The van der Waals surface area contributed by atoms with E-state index in [0.717, 1.165) is 0 Å². The molecule has 1 amide bonds. The van der Waals surface area contributed by atoms with E-state index in [-0.39, 0.29) is 5.01 Å². The molecule has 14 heavy (non-hydrogen) atoms. The highest BCUT2D eigenvalue weighted by Gasteiger charge is 2.16. The van der Waals surface area contributed by atoms with Crippen LogP contribution in [0, 0.1) is 21.6 Å². The maximum absolute atomic E-state index is 10.1.